The van der Waals surface area contributed by atoms with Crippen LogP contribution < -0.4 is 20.1 Å². The molecule has 2 amide bonds. The van der Waals surface area contributed by atoms with Gasteiger partial charge in [-0.1, -0.05) is 0 Å². The van der Waals surface area contributed by atoms with Crippen LogP contribution in [0.15, 0.2) is 35.0 Å². The second kappa shape index (κ2) is 9.57. The van der Waals surface area contributed by atoms with Crippen molar-refractivity contribution in [1.29, 1.82) is 0 Å². The molecule has 2 N–H and O–H groups in total. The number of carbonyl (C=O) groups is 2. The maximum Gasteiger partial charge on any atom is 0.313 e. The molecule has 2 aromatic rings. The average molecular weight is 404 g/mol. The molecule has 28 heavy (non-hydrogen) atoms. The summed E-state index contributed by atoms with van der Waals surface area (Å²) in [4.78, 5) is 27.1. The third-order valence-corrected chi connectivity index (χ3v) is 5.53. The second-order valence-corrected chi connectivity index (χ2v) is 7.33. The van der Waals surface area contributed by atoms with Crippen LogP contribution >= 0.6 is 11.3 Å². The van der Waals surface area contributed by atoms with Gasteiger partial charge in [-0.2, -0.15) is 11.3 Å². The second-order valence-electron chi connectivity index (χ2n) is 6.55. The van der Waals surface area contributed by atoms with E-state index in [2.05, 4.69) is 27.0 Å². The zero-order chi connectivity index (χ0) is 19.9. The minimum atomic E-state index is -0.739. The van der Waals surface area contributed by atoms with Gasteiger partial charge in [0.2, 0.25) is 0 Å². The van der Waals surface area contributed by atoms with Crippen LogP contribution in [0.2, 0.25) is 0 Å². The fraction of sp³-hybridized carbons (Fsp3) is 0.400. The molecule has 1 aromatic carbocycles. The SMILES string of the molecule is COc1ccc(OC)c(NC(=O)C(=O)NC[C@H](c2ccsc2)N2CCCC2)c1. The average Bonchev–Trinajstić information content (AvgIpc) is 3.42. The molecule has 1 atom stereocenters. The Balaban J connectivity index is 1.63. The zero-order valence-electron chi connectivity index (χ0n) is 16.1. The maximum absolute atomic E-state index is 12.4. The molecule has 0 spiro atoms. The van der Waals surface area contributed by atoms with Gasteiger partial charge in [-0.15, -0.1) is 0 Å². The minimum absolute atomic E-state index is 0.0804. The van der Waals surface area contributed by atoms with Crippen LogP contribution in [-0.2, 0) is 9.59 Å². The molecule has 1 aliphatic heterocycles. The van der Waals surface area contributed by atoms with Crippen molar-refractivity contribution < 1.29 is 19.1 Å². The Morgan fingerprint density at radius 1 is 1.14 bits per heavy atom. The van der Waals surface area contributed by atoms with Crippen LogP contribution in [0.1, 0.15) is 24.4 Å². The van der Waals surface area contributed by atoms with Crippen molar-refractivity contribution in [1.82, 2.24) is 10.2 Å². The predicted molar refractivity (Wildman–Crippen MR) is 109 cm³/mol. The monoisotopic (exact) mass is 403 g/mol. The van der Waals surface area contributed by atoms with Crippen LogP contribution in [-0.4, -0.2) is 50.6 Å². The number of hydrogen-bond donors (Lipinski definition) is 2. The molecule has 1 aromatic heterocycles. The summed E-state index contributed by atoms with van der Waals surface area (Å²) in [6, 6.07) is 7.16. The summed E-state index contributed by atoms with van der Waals surface area (Å²) in [5, 5.41) is 9.49. The van der Waals surface area contributed by atoms with Crippen LogP contribution in [0.3, 0.4) is 0 Å². The topological polar surface area (TPSA) is 79.9 Å². The minimum Gasteiger partial charge on any atom is -0.497 e. The van der Waals surface area contributed by atoms with Crippen molar-refractivity contribution in [2.45, 2.75) is 18.9 Å². The maximum atomic E-state index is 12.4. The van der Waals surface area contributed by atoms with Gasteiger partial charge in [-0.25, -0.2) is 0 Å². The van der Waals surface area contributed by atoms with Gasteiger partial charge in [0.25, 0.3) is 0 Å². The van der Waals surface area contributed by atoms with E-state index < -0.39 is 11.8 Å². The molecule has 150 valence electrons. The molecule has 1 aliphatic rings. The van der Waals surface area contributed by atoms with Gasteiger partial charge in [0, 0.05) is 12.6 Å². The summed E-state index contributed by atoms with van der Waals surface area (Å²) in [5.74, 6) is -0.403. The molecule has 2 heterocycles. The van der Waals surface area contributed by atoms with E-state index in [-0.39, 0.29) is 6.04 Å². The Morgan fingerprint density at radius 2 is 1.93 bits per heavy atom. The summed E-state index contributed by atoms with van der Waals surface area (Å²) in [5.41, 5.74) is 1.55. The number of likely N-dealkylation sites (tertiary alicyclic amines) is 1. The first-order valence-corrected chi connectivity index (χ1v) is 10.1. The van der Waals surface area contributed by atoms with E-state index in [4.69, 9.17) is 9.47 Å². The zero-order valence-corrected chi connectivity index (χ0v) is 16.9. The Labute approximate surface area is 168 Å². The van der Waals surface area contributed by atoms with Crippen LogP contribution in [0.25, 0.3) is 0 Å². The fourth-order valence-electron chi connectivity index (χ4n) is 3.34. The quantitative estimate of drug-likeness (QED) is 0.695. The molecule has 1 saturated heterocycles. The fourth-order valence-corrected chi connectivity index (χ4v) is 4.04. The number of hydrogen-bond acceptors (Lipinski definition) is 6. The summed E-state index contributed by atoms with van der Waals surface area (Å²) >= 11 is 1.63. The van der Waals surface area contributed by atoms with Gasteiger partial charge in [0.05, 0.1) is 25.9 Å². The molecule has 7 nitrogen and oxygen atoms in total. The summed E-state index contributed by atoms with van der Waals surface area (Å²) < 4.78 is 10.4. The van der Waals surface area contributed by atoms with Crippen LogP contribution in [0.4, 0.5) is 5.69 Å². The Hall–Kier alpha value is -2.58. The highest BCUT2D eigenvalue weighted by Crippen LogP contribution is 2.29. The van der Waals surface area contributed by atoms with Crippen LogP contribution in [0, 0.1) is 0 Å². The number of methoxy groups -OCH3 is 2. The first-order valence-electron chi connectivity index (χ1n) is 9.19. The van der Waals surface area contributed by atoms with Gasteiger partial charge in [-0.05, 0) is 60.5 Å². The number of rotatable bonds is 7. The van der Waals surface area contributed by atoms with E-state index in [1.54, 1.807) is 29.5 Å². The molecule has 0 aliphatic carbocycles. The summed E-state index contributed by atoms with van der Waals surface area (Å²) in [6.45, 7) is 2.39. The number of benzene rings is 1. The van der Waals surface area contributed by atoms with Gasteiger partial charge < -0.3 is 20.1 Å². The third kappa shape index (κ3) is 4.82. The van der Waals surface area contributed by atoms with Crippen molar-refractivity contribution in [3.63, 3.8) is 0 Å². The lowest BCUT2D eigenvalue weighted by Gasteiger charge is -2.27. The Kier molecular flexibility index (Phi) is 6.89. The van der Waals surface area contributed by atoms with E-state index in [0.717, 1.165) is 25.9 Å². The lowest BCUT2D eigenvalue weighted by molar-refractivity contribution is -0.136. The third-order valence-electron chi connectivity index (χ3n) is 4.83. The lowest BCUT2D eigenvalue weighted by Crippen LogP contribution is -2.41. The van der Waals surface area contributed by atoms with E-state index in [9.17, 15) is 9.59 Å². The van der Waals surface area contributed by atoms with Gasteiger partial charge in [0.15, 0.2) is 0 Å². The smallest absolute Gasteiger partial charge is 0.313 e. The standard InChI is InChI=1S/C20H25N3O4S/c1-26-15-5-6-18(27-2)16(11-15)22-20(25)19(24)21-12-17(14-7-10-28-13-14)23-8-3-4-9-23/h5-7,10-11,13,17H,3-4,8-9,12H2,1-2H3,(H,21,24)(H,22,25)/t17-/m1/s1. The Bertz CT molecular complexity index is 804. The number of amides is 2. The highest BCUT2D eigenvalue weighted by molar-refractivity contribution is 7.08. The lowest BCUT2D eigenvalue weighted by atomic mass is 10.1. The number of carbonyl (C=O) groups excluding carboxylic acids is 2. The first-order chi connectivity index (χ1) is 13.6. The normalized spacial score (nSPS) is 15.1. The van der Waals surface area contributed by atoms with Gasteiger partial charge in [-0.3, -0.25) is 14.5 Å². The highest BCUT2D eigenvalue weighted by atomic mass is 32.1. The molecule has 0 saturated carbocycles. The molecule has 0 radical (unpaired) electrons. The molecule has 1 fully saturated rings. The molecule has 8 heteroatoms. The van der Waals surface area contributed by atoms with Crippen molar-refractivity contribution in [3.8, 4) is 11.5 Å². The van der Waals surface area contributed by atoms with Gasteiger partial charge in [0.1, 0.15) is 11.5 Å². The van der Waals surface area contributed by atoms with Crippen molar-refractivity contribution in [2.75, 3.05) is 39.2 Å². The number of ether oxygens (including phenoxy) is 2. The highest BCUT2D eigenvalue weighted by Gasteiger charge is 2.25. The van der Waals surface area contributed by atoms with Crippen molar-refractivity contribution in [3.05, 3.63) is 40.6 Å². The molecule has 0 unspecified atom stereocenters. The summed E-state index contributed by atoms with van der Waals surface area (Å²) in [6.07, 6.45) is 2.31. The number of nitrogens with one attached hydrogen (secondary N) is 2. The predicted octanol–water partition coefficient (Wildman–Crippen LogP) is 2.66. The Morgan fingerprint density at radius 3 is 2.57 bits per heavy atom. The molecule has 3 rings (SSSR count). The van der Waals surface area contributed by atoms with Crippen molar-refractivity contribution >= 4 is 28.8 Å². The number of nitrogens with zero attached hydrogens (tertiary/aromatic N) is 1. The molecule has 0 bridgehead atoms. The number of anilines is 1. The number of thiophene rings is 1. The van der Waals surface area contributed by atoms with E-state index in [0.29, 0.717) is 23.7 Å². The van der Waals surface area contributed by atoms with E-state index >= 15 is 0 Å². The molecular weight excluding hydrogens is 378 g/mol. The van der Waals surface area contributed by atoms with E-state index in [1.165, 1.54) is 19.8 Å². The van der Waals surface area contributed by atoms with E-state index in [1.807, 2.05) is 5.38 Å². The van der Waals surface area contributed by atoms with Crippen molar-refractivity contribution in [2.24, 2.45) is 0 Å². The largest absolute Gasteiger partial charge is 0.497 e. The van der Waals surface area contributed by atoms with Gasteiger partial charge >= 0.3 is 11.8 Å². The first kappa shape index (κ1) is 20.2. The summed E-state index contributed by atoms with van der Waals surface area (Å²) in [7, 11) is 3.03. The molecular formula is C20H25N3O4S. The van der Waals surface area contributed by atoms with Crippen LogP contribution in [0.5, 0.6) is 11.5 Å².